The van der Waals surface area contributed by atoms with Crippen LogP contribution in [0.1, 0.15) is 45.4 Å². The monoisotopic (exact) mass is 358 g/mol. The number of hydrogen-bond acceptors (Lipinski definition) is 3. The van der Waals surface area contributed by atoms with E-state index in [-0.39, 0.29) is 24.0 Å². The van der Waals surface area contributed by atoms with E-state index in [4.69, 9.17) is 5.11 Å². The molecule has 0 amide bonds. The van der Waals surface area contributed by atoms with Gasteiger partial charge in [0.2, 0.25) is 0 Å². The third-order valence-corrected chi connectivity index (χ3v) is 4.17. The van der Waals surface area contributed by atoms with Crippen LogP contribution in [0.2, 0.25) is 0 Å². The van der Waals surface area contributed by atoms with E-state index in [1.165, 1.54) is 0 Å². The van der Waals surface area contributed by atoms with Gasteiger partial charge in [0.05, 0.1) is 6.10 Å². The molecule has 0 radical (unpaired) electrons. The zero-order valence-corrected chi connectivity index (χ0v) is 15.5. The standard InChI is InChI=1S/C22H30O4/c1-2-3-8-11-19(23)16-14-18-15-17-21(24)20(18)12-9-6-4-5-7-10-13-22(25)26/h3,5-9,14-20,23H,2,4,10-13H2,1H3,(H,25,26)/b7-5-,8-3-,9-6-,16-14+/t18-,19-,20-/m1/s1. The van der Waals surface area contributed by atoms with Crippen LogP contribution in [-0.4, -0.2) is 28.1 Å². The fourth-order valence-electron chi connectivity index (χ4n) is 2.70. The molecule has 0 bridgehead atoms. The Morgan fingerprint density at radius 3 is 2.69 bits per heavy atom. The maximum atomic E-state index is 12.0. The van der Waals surface area contributed by atoms with Gasteiger partial charge < -0.3 is 10.2 Å². The van der Waals surface area contributed by atoms with E-state index in [0.29, 0.717) is 19.3 Å². The highest BCUT2D eigenvalue weighted by molar-refractivity contribution is 5.95. The Morgan fingerprint density at radius 1 is 1.19 bits per heavy atom. The van der Waals surface area contributed by atoms with Crippen molar-refractivity contribution in [2.75, 3.05) is 0 Å². The number of aliphatic hydroxyl groups is 1. The van der Waals surface area contributed by atoms with Crippen molar-refractivity contribution in [3.63, 3.8) is 0 Å². The molecule has 0 unspecified atom stereocenters. The van der Waals surface area contributed by atoms with E-state index in [0.717, 1.165) is 12.8 Å². The summed E-state index contributed by atoms with van der Waals surface area (Å²) in [5, 5.41) is 18.5. The molecule has 0 saturated heterocycles. The van der Waals surface area contributed by atoms with Gasteiger partial charge in [-0.15, -0.1) is 0 Å². The lowest BCUT2D eigenvalue weighted by Gasteiger charge is -2.13. The average Bonchev–Trinajstić information content (AvgIpc) is 2.95. The van der Waals surface area contributed by atoms with Crippen LogP contribution in [0.15, 0.2) is 60.8 Å². The number of rotatable bonds is 12. The quantitative estimate of drug-likeness (QED) is 0.507. The maximum Gasteiger partial charge on any atom is 0.303 e. The molecule has 4 heteroatoms. The SMILES string of the molecule is CC/C=C\C[C@@H](O)/C=C/[C@@H]1C=CC(=O)[C@@H]1C/C=C\C/C=C\CCC(=O)O. The topological polar surface area (TPSA) is 74.6 Å². The lowest BCUT2D eigenvalue weighted by atomic mass is 9.90. The van der Waals surface area contributed by atoms with E-state index >= 15 is 0 Å². The highest BCUT2D eigenvalue weighted by Gasteiger charge is 2.27. The van der Waals surface area contributed by atoms with Crippen molar-refractivity contribution in [3.8, 4) is 0 Å². The van der Waals surface area contributed by atoms with Gasteiger partial charge >= 0.3 is 5.97 Å². The molecule has 0 spiro atoms. The molecule has 142 valence electrons. The van der Waals surface area contributed by atoms with Crippen LogP contribution in [0, 0.1) is 11.8 Å². The Hall–Kier alpha value is -2.20. The number of allylic oxidation sites excluding steroid dienone is 8. The van der Waals surface area contributed by atoms with E-state index in [2.05, 4.69) is 6.92 Å². The summed E-state index contributed by atoms with van der Waals surface area (Å²) in [4.78, 5) is 22.4. The second kappa shape index (κ2) is 13.1. The molecule has 3 atom stereocenters. The van der Waals surface area contributed by atoms with Crippen LogP contribution in [0.4, 0.5) is 0 Å². The summed E-state index contributed by atoms with van der Waals surface area (Å²) >= 11 is 0. The smallest absolute Gasteiger partial charge is 0.303 e. The summed E-state index contributed by atoms with van der Waals surface area (Å²) < 4.78 is 0. The molecule has 4 nitrogen and oxygen atoms in total. The fraction of sp³-hybridized carbons (Fsp3) is 0.455. The van der Waals surface area contributed by atoms with Gasteiger partial charge in [-0.05, 0) is 38.2 Å². The van der Waals surface area contributed by atoms with Crippen molar-refractivity contribution in [2.24, 2.45) is 11.8 Å². The molecule has 0 aliphatic heterocycles. The van der Waals surface area contributed by atoms with Crippen molar-refractivity contribution in [2.45, 2.75) is 51.6 Å². The van der Waals surface area contributed by atoms with Crippen LogP contribution in [0.3, 0.4) is 0 Å². The molecule has 1 aliphatic carbocycles. The van der Waals surface area contributed by atoms with Gasteiger partial charge in [-0.2, -0.15) is 0 Å². The fourth-order valence-corrected chi connectivity index (χ4v) is 2.70. The lowest BCUT2D eigenvalue weighted by Crippen LogP contribution is -2.14. The highest BCUT2D eigenvalue weighted by Crippen LogP contribution is 2.27. The minimum atomic E-state index is -0.789. The summed E-state index contributed by atoms with van der Waals surface area (Å²) in [7, 11) is 0. The van der Waals surface area contributed by atoms with Gasteiger partial charge in [0.25, 0.3) is 0 Å². The van der Waals surface area contributed by atoms with Crippen molar-refractivity contribution in [3.05, 3.63) is 60.8 Å². The molecule has 0 fully saturated rings. The van der Waals surface area contributed by atoms with E-state index < -0.39 is 12.1 Å². The number of carboxylic acid groups (broad SMARTS) is 1. The predicted molar refractivity (Wildman–Crippen MR) is 105 cm³/mol. The number of carbonyl (C=O) groups excluding carboxylic acids is 1. The number of aliphatic hydroxyl groups excluding tert-OH is 1. The molecule has 0 saturated carbocycles. The Balaban J connectivity index is 2.39. The summed E-state index contributed by atoms with van der Waals surface area (Å²) in [6.45, 7) is 2.05. The van der Waals surface area contributed by atoms with Crippen molar-refractivity contribution in [1.82, 2.24) is 0 Å². The van der Waals surface area contributed by atoms with Gasteiger partial charge in [0.15, 0.2) is 5.78 Å². The second-order valence-electron chi connectivity index (χ2n) is 6.36. The highest BCUT2D eigenvalue weighted by atomic mass is 16.4. The first-order valence-electron chi connectivity index (χ1n) is 9.29. The number of carboxylic acids is 1. The van der Waals surface area contributed by atoms with Crippen molar-refractivity contribution >= 4 is 11.8 Å². The summed E-state index contributed by atoms with van der Waals surface area (Å²) in [5.74, 6) is -0.732. The molecule has 1 rings (SSSR count). The van der Waals surface area contributed by atoms with Gasteiger partial charge in [-0.3, -0.25) is 9.59 Å². The van der Waals surface area contributed by atoms with Crippen LogP contribution < -0.4 is 0 Å². The lowest BCUT2D eigenvalue weighted by molar-refractivity contribution is -0.136. The first-order valence-corrected chi connectivity index (χ1v) is 9.29. The van der Waals surface area contributed by atoms with E-state index in [1.54, 1.807) is 12.2 Å². The third kappa shape index (κ3) is 9.33. The summed E-state index contributed by atoms with van der Waals surface area (Å²) in [6, 6.07) is 0. The molecule has 0 aromatic heterocycles. The minimum absolute atomic E-state index is 0.0306. The predicted octanol–water partition coefficient (Wildman–Crippen LogP) is 4.39. The Morgan fingerprint density at radius 2 is 1.96 bits per heavy atom. The number of ketones is 1. The second-order valence-corrected chi connectivity index (χ2v) is 6.36. The molecule has 1 aliphatic rings. The van der Waals surface area contributed by atoms with Crippen molar-refractivity contribution in [1.29, 1.82) is 0 Å². The van der Waals surface area contributed by atoms with Crippen LogP contribution in [0.25, 0.3) is 0 Å². The van der Waals surface area contributed by atoms with E-state index in [1.807, 2.05) is 48.6 Å². The molecule has 0 heterocycles. The van der Waals surface area contributed by atoms with Crippen molar-refractivity contribution < 1.29 is 19.8 Å². The Labute approximate surface area is 156 Å². The van der Waals surface area contributed by atoms with Crippen LogP contribution in [-0.2, 0) is 9.59 Å². The molecule has 2 N–H and O–H groups in total. The average molecular weight is 358 g/mol. The maximum absolute atomic E-state index is 12.0. The third-order valence-electron chi connectivity index (χ3n) is 4.17. The normalized spacial score (nSPS) is 21.8. The Bertz CT molecular complexity index is 581. The molecule has 26 heavy (non-hydrogen) atoms. The number of carbonyl (C=O) groups is 2. The largest absolute Gasteiger partial charge is 0.481 e. The van der Waals surface area contributed by atoms with Gasteiger partial charge in [0.1, 0.15) is 0 Å². The van der Waals surface area contributed by atoms with Gasteiger partial charge in [-0.25, -0.2) is 0 Å². The summed E-state index contributed by atoms with van der Waals surface area (Å²) in [5.41, 5.74) is 0. The zero-order chi connectivity index (χ0) is 19.2. The van der Waals surface area contributed by atoms with E-state index in [9.17, 15) is 14.7 Å². The zero-order valence-electron chi connectivity index (χ0n) is 15.5. The van der Waals surface area contributed by atoms with Gasteiger partial charge in [0, 0.05) is 18.3 Å². The molecular weight excluding hydrogens is 328 g/mol. The number of hydrogen-bond donors (Lipinski definition) is 2. The Kier molecular flexibility index (Phi) is 11.0. The molecular formula is C22H30O4. The first kappa shape index (κ1) is 21.8. The van der Waals surface area contributed by atoms with Gasteiger partial charge in [-0.1, -0.05) is 61.6 Å². The van der Waals surface area contributed by atoms with Crippen LogP contribution >= 0.6 is 0 Å². The minimum Gasteiger partial charge on any atom is -0.481 e. The molecule has 0 aromatic rings. The van der Waals surface area contributed by atoms with Crippen LogP contribution in [0.5, 0.6) is 0 Å². The first-order chi connectivity index (χ1) is 12.5. The summed E-state index contributed by atoms with van der Waals surface area (Å²) in [6.07, 6.45) is 22.1. The number of aliphatic carboxylic acids is 1. The molecule has 0 aromatic carbocycles.